The van der Waals surface area contributed by atoms with E-state index in [9.17, 15) is 0 Å². The summed E-state index contributed by atoms with van der Waals surface area (Å²) >= 11 is 0. The van der Waals surface area contributed by atoms with Gasteiger partial charge < -0.3 is 84.6 Å². The average molecular weight is 1820 g/mol. The Morgan fingerprint density at radius 2 is 0.551 bits per heavy atom. The van der Waals surface area contributed by atoms with Crippen molar-refractivity contribution in [3.63, 3.8) is 0 Å². The molecule has 4 saturated heterocycles. The number of para-hydroxylation sites is 4. The highest BCUT2D eigenvalue weighted by atomic mass is 16.6. The Morgan fingerprint density at radius 1 is 0.301 bits per heavy atom. The smallest absolute Gasteiger partial charge is 0.342 e. The molecule has 6 aliphatic heterocycles. The van der Waals surface area contributed by atoms with Crippen LogP contribution in [0.15, 0.2) is 289 Å². The molecule has 672 valence electrons. The van der Waals surface area contributed by atoms with E-state index in [4.69, 9.17) is 84.6 Å². The first kappa shape index (κ1) is 83.3. The monoisotopic (exact) mass is 1810 g/mol. The van der Waals surface area contributed by atoms with Crippen molar-refractivity contribution < 1.29 is 113 Å². The van der Waals surface area contributed by atoms with Crippen LogP contribution < -0.4 is 56.8 Å². The van der Waals surface area contributed by atoms with Crippen molar-refractivity contribution in [3.8, 4) is 116 Å². The molecule has 6 aliphatic rings. The Hall–Kier alpha value is -17.1. The zero-order chi connectivity index (χ0) is 91.8. The molecular weight excluding hydrogens is 1740 g/mol. The van der Waals surface area contributed by atoms with Crippen LogP contribution in [0.5, 0.6) is 116 Å². The number of hydrogen-bond acceptors (Lipinski definition) is 28. The molecule has 30 heteroatoms. The third kappa shape index (κ3) is 16.7. The number of rotatable bonds is 34. The van der Waals surface area contributed by atoms with E-state index in [1.54, 1.807) is 158 Å². The van der Waals surface area contributed by atoms with E-state index in [2.05, 4.69) is 19.9 Å². The molecule has 4 fully saturated rings. The SMILES string of the molecule is COc1ccccc1OC(=O)C(c1ccco1)N1C(=O)c2cc(Oc3ccc(Oc4cc(CC5CO5)ccn4)cc3)c3c4c(Oc5ccc(Oc6cc(CC7CO7)ccn6)cc5)cc5c6c(cc(Oc7ccc(Oc8cc(CC9CO9)ccn8)cc7)c(c7c(Oc8ccc(Oc9cc(CC%10CO%10)ccn9)cc8)cc(c2c37)C1=O)c64)C(=O)N(C(C(=O)Oc1ccccc1OC)c1ccco1)C5=O. The van der Waals surface area contributed by atoms with E-state index in [0.717, 1.165) is 32.1 Å². The van der Waals surface area contributed by atoms with Crippen LogP contribution in [0, 0.1) is 0 Å². The number of hydrogen-bond donors (Lipinski definition) is 0. The van der Waals surface area contributed by atoms with E-state index in [-0.39, 0.29) is 170 Å². The van der Waals surface area contributed by atoms with Crippen LogP contribution in [0.4, 0.5) is 0 Å². The largest absolute Gasteiger partial charge is 0.493 e. The highest BCUT2D eigenvalue weighted by Crippen LogP contribution is 2.59. The molecule has 11 aromatic carbocycles. The number of aromatic nitrogens is 4. The fourth-order valence-electron chi connectivity index (χ4n) is 17.3. The van der Waals surface area contributed by atoms with Crippen molar-refractivity contribution >= 4 is 78.7 Å². The molecule has 0 radical (unpaired) electrons. The van der Waals surface area contributed by atoms with Gasteiger partial charge in [0, 0.05) is 118 Å². The number of furan rings is 2. The zero-order valence-corrected chi connectivity index (χ0v) is 72.2. The van der Waals surface area contributed by atoms with Crippen LogP contribution in [0.3, 0.4) is 0 Å². The lowest BCUT2D eigenvalue weighted by atomic mass is 9.80. The number of amides is 4. The first-order valence-corrected chi connectivity index (χ1v) is 43.6. The van der Waals surface area contributed by atoms with Crippen molar-refractivity contribution in [2.45, 2.75) is 62.2 Å². The van der Waals surface area contributed by atoms with Gasteiger partial charge in [0.25, 0.3) is 23.6 Å². The lowest BCUT2D eigenvalue weighted by Crippen LogP contribution is -2.46. The molecule has 0 bridgehead atoms. The van der Waals surface area contributed by atoms with Gasteiger partial charge in [-0.3, -0.25) is 29.0 Å². The summed E-state index contributed by atoms with van der Waals surface area (Å²) in [5, 5.41) is 0.353. The van der Waals surface area contributed by atoms with Crippen molar-refractivity contribution in [2.24, 2.45) is 0 Å². The second-order valence-corrected chi connectivity index (χ2v) is 33.0. The van der Waals surface area contributed by atoms with Gasteiger partial charge in [-0.25, -0.2) is 29.5 Å². The topological polar surface area (TPSA) is 348 Å². The van der Waals surface area contributed by atoms with Crippen molar-refractivity contribution in [1.29, 1.82) is 0 Å². The molecule has 0 N–H and O–H groups in total. The molecule has 23 rings (SSSR count). The Bertz CT molecular complexity index is 6810. The third-order valence-electron chi connectivity index (χ3n) is 23.9. The number of methoxy groups -OCH3 is 2. The summed E-state index contributed by atoms with van der Waals surface area (Å²) < 4.78 is 113. The van der Waals surface area contributed by atoms with Gasteiger partial charge in [-0.05, 0) is 216 Å². The summed E-state index contributed by atoms with van der Waals surface area (Å²) in [4.78, 5) is 119. The number of pyridine rings is 4. The molecule has 0 spiro atoms. The van der Waals surface area contributed by atoms with Gasteiger partial charge in [0.15, 0.2) is 35.1 Å². The summed E-state index contributed by atoms with van der Waals surface area (Å²) in [6.07, 6.45) is 12.1. The number of epoxide rings is 4. The van der Waals surface area contributed by atoms with Gasteiger partial charge in [0.2, 0.25) is 23.5 Å². The van der Waals surface area contributed by atoms with Crippen LogP contribution in [-0.4, -0.2) is 130 Å². The quantitative estimate of drug-likeness (QED) is 0.00902. The Labute approximate surface area is 772 Å². The maximum atomic E-state index is 17.0. The summed E-state index contributed by atoms with van der Waals surface area (Å²) in [6, 6.07) is 61.6. The van der Waals surface area contributed by atoms with E-state index < -0.39 is 47.7 Å². The van der Waals surface area contributed by atoms with Crippen molar-refractivity contribution in [2.75, 3.05) is 40.6 Å². The van der Waals surface area contributed by atoms with E-state index in [1.807, 2.05) is 48.5 Å². The van der Waals surface area contributed by atoms with E-state index in [0.29, 0.717) is 98.6 Å². The Kier molecular flexibility index (Phi) is 21.4. The number of carbonyl (C=O) groups is 6. The van der Waals surface area contributed by atoms with Crippen LogP contribution in [-0.2, 0) is 54.2 Å². The van der Waals surface area contributed by atoms with E-state index in [1.165, 1.54) is 87.4 Å². The minimum absolute atomic E-state index is 0.0255. The standard InChI is InChI=1S/C106H74N6O24/c1-119-77-9-3-5-11-79(77)135-105(117)99(81-13-7-39-121-81)111-101(113)73-49-83(127-61-15-23-65(24-16-61)131-87-45-57(31-35-107-87)41-69-53-123-69)93-95-85(129-63-19-27-67(28-20-63)133-89-47-59(33-37-109-89)43-71-55-125-71)51-75-92-76(104(116)112(103(75)115)100(82-14-8-40-122-82)106(118)136-80-12-6-4-10-78(80)120-2)52-86(130-64-21-29-68(30-22-64)134-90-48-60(34-38-110-90)44-72-56-126-72)96(98(92)95)94-84(50-74(102(111)114)91(73)97(93)94)128-62-17-25-66(26-18-62)132-88-46-58(32-36-108-88)42-70-54-124-70/h3-40,45-52,69-72,99-100H,41-44,53-56H2,1-2H3. The molecule has 30 nitrogen and oxygen atoms in total. The van der Waals surface area contributed by atoms with Crippen LogP contribution in [0.1, 0.15) is 87.3 Å². The molecule has 0 saturated carbocycles. The summed E-state index contributed by atoms with van der Waals surface area (Å²) in [6.45, 7) is 2.57. The predicted molar refractivity (Wildman–Crippen MR) is 486 cm³/mol. The molecule has 0 aliphatic carbocycles. The molecule has 6 aromatic heterocycles. The lowest BCUT2D eigenvalue weighted by Gasteiger charge is -2.34. The van der Waals surface area contributed by atoms with Gasteiger partial charge in [-0.1, -0.05) is 24.3 Å². The Morgan fingerprint density at radius 3 is 0.787 bits per heavy atom. The number of esters is 2. The van der Waals surface area contributed by atoms with Gasteiger partial charge in [-0.2, -0.15) is 0 Å². The number of nitrogens with zero attached hydrogens (tertiary/aromatic N) is 6. The maximum Gasteiger partial charge on any atom is 0.342 e. The molecule has 4 amide bonds. The minimum atomic E-state index is -1.97. The van der Waals surface area contributed by atoms with E-state index >= 15 is 28.8 Å². The van der Waals surface area contributed by atoms with Gasteiger partial charge >= 0.3 is 11.9 Å². The number of benzene rings is 11. The molecule has 136 heavy (non-hydrogen) atoms. The summed E-state index contributed by atoms with van der Waals surface area (Å²) in [5.41, 5.74) is 2.90. The molecular formula is C106H74N6O24. The fraction of sp³-hybridized carbons (Fsp3) is 0.151. The molecule has 17 aromatic rings. The van der Waals surface area contributed by atoms with Crippen LogP contribution >= 0.6 is 0 Å². The number of imide groups is 2. The minimum Gasteiger partial charge on any atom is -0.493 e. The predicted octanol–water partition coefficient (Wildman–Crippen LogP) is 20.5. The molecule has 6 unspecified atom stereocenters. The summed E-state index contributed by atoms with van der Waals surface area (Å²) in [5.74, 6) is -4.05. The first-order chi connectivity index (χ1) is 66.7. The van der Waals surface area contributed by atoms with Gasteiger partial charge in [0.1, 0.15) is 80.5 Å². The molecule has 6 atom stereocenters. The number of fused-ring (bicyclic) bond motifs is 2. The zero-order valence-electron chi connectivity index (χ0n) is 72.2. The first-order valence-electron chi connectivity index (χ1n) is 43.6. The second kappa shape index (κ2) is 34.9. The fourth-order valence-corrected chi connectivity index (χ4v) is 17.3. The normalized spacial score (nSPS) is 16.5. The highest BCUT2D eigenvalue weighted by Gasteiger charge is 2.50. The van der Waals surface area contributed by atoms with Crippen LogP contribution in [0.2, 0.25) is 0 Å². The molecule has 12 heterocycles. The average Bonchev–Trinajstić information content (AvgIpc) is 1.52. The second-order valence-electron chi connectivity index (χ2n) is 33.0. The van der Waals surface area contributed by atoms with Crippen molar-refractivity contribution in [3.05, 3.63) is 336 Å². The number of ether oxygens (including phenoxy) is 16. The summed E-state index contributed by atoms with van der Waals surface area (Å²) in [7, 11) is 2.79. The lowest BCUT2D eigenvalue weighted by molar-refractivity contribution is -0.140. The maximum absolute atomic E-state index is 17.0. The highest BCUT2D eigenvalue weighted by molar-refractivity contribution is 6.45. The number of carbonyl (C=O) groups excluding carboxylic acids is 6. The van der Waals surface area contributed by atoms with Crippen molar-refractivity contribution in [1.82, 2.24) is 29.7 Å². The Balaban J connectivity index is 0.784. The van der Waals surface area contributed by atoms with Crippen LogP contribution in [0.25, 0.3) is 43.1 Å². The third-order valence-corrected chi connectivity index (χ3v) is 23.9. The van der Waals surface area contributed by atoms with Gasteiger partial charge in [-0.15, -0.1) is 0 Å². The van der Waals surface area contributed by atoms with Gasteiger partial charge in [0.05, 0.1) is 99.8 Å².